The van der Waals surface area contributed by atoms with E-state index < -0.39 is 31.5 Å². The van der Waals surface area contributed by atoms with E-state index in [4.69, 9.17) is 4.74 Å². The summed E-state index contributed by atoms with van der Waals surface area (Å²) in [7, 11) is -2.94. The molecule has 2 aromatic carbocycles. The van der Waals surface area contributed by atoms with Crippen molar-refractivity contribution in [1.29, 1.82) is 0 Å². The van der Waals surface area contributed by atoms with Gasteiger partial charge in [0.05, 0.1) is 25.2 Å². The number of amides is 3. The minimum atomic E-state index is -2.94. The summed E-state index contributed by atoms with van der Waals surface area (Å²) in [6, 6.07) is 13.2. The van der Waals surface area contributed by atoms with Gasteiger partial charge in [-0.3, -0.25) is 14.4 Å². The number of aliphatic hydroxyl groups is 1. The van der Waals surface area contributed by atoms with Gasteiger partial charge in [0.2, 0.25) is 11.8 Å². The molecular weight excluding hydrogens is 538 g/mol. The molecule has 218 valence electrons. The zero-order valence-corrected chi connectivity index (χ0v) is 24.9. The van der Waals surface area contributed by atoms with E-state index >= 15 is 0 Å². The molecule has 2 aromatic rings. The van der Waals surface area contributed by atoms with Gasteiger partial charge in [-0.15, -0.1) is 0 Å². The van der Waals surface area contributed by atoms with Crippen molar-refractivity contribution in [3.8, 4) is 0 Å². The summed E-state index contributed by atoms with van der Waals surface area (Å²) in [5, 5.41) is 13.1. The number of rotatable bonds is 5. The Hall–Kier alpha value is -3.05. The number of hydrogen-bond donors (Lipinski definition) is 3. The lowest BCUT2D eigenvalue weighted by molar-refractivity contribution is -0.149. The van der Waals surface area contributed by atoms with E-state index in [0.29, 0.717) is 37.2 Å². The summed E-state index contributed by atoms with van der Waals surface area (Å²) >= 11 is 0. The first-order valence-electron chi connectivity index (χ1n) is 14.7. The molecule has 6 rings (SSSR count). The largest absolute Gasteiger partial charge is 0.432 e. The van der Waals surface area contributed by atoms with Gasteiger partial charge >= 0.3 is 0 Å². The van der Waals surface area contributed by atoms with Gasteiger partial charge in [-0.25, -0.2) is 0 Å². The summed E-state index contributed by atoms with van der Waals surface area (Å²) in [6.07, 6.45) is 2.18. The molecular formula is C31H39N3O6Si. The second-order valence-electron chi connectivity index (χ2n) is 12.6. The Balaban J connectivity index is 1.33. The van der Waals surface area contributed by atoms with Crippen molar-refractivity contribution >= 4 is 37.4 Å². The van der Waals surface area contributed by atoms with Crippen LogP contribution in [0.1, 0.15) is 49.3 Å². The van der Waals surface area contributed by atoms with Gasteiger partial charge in [0, 0.05) is 47.9 Å². The predicted octanol–water partition coefficient (Wildman–Crippen LogP) is 3.29. The fourth-order valence-corrected chi connectivity index (χ4v) is 10.2. The number of nitrogens with one attached hydrogen (secondary N) is 1. The quantitative estimate of drug-likeness (QED) is 0.470. The number of nitrogens with zero attached hydrogens (tertiary/aromatic N) is 2. The second kappa shape index (κ2) is 10.3. The van der Waals surface area contributed by atoms with Crippen molar-refractivity contribution in [3.63, 3.8) is 0 Å². The molecule has 0 bridgehead atoms. The third-order valence-electron chi connectivity index (χ3n) is 9.62. The molecule has 3 N–H and O–H groups in total. The van der Waals surface area contributed by atoms with Crippen LogP contribution in [0, 0.1) is 5.92 Å². The second-order valence-corrected chi connectivity index (χ2v) is 16.6. The first-order valence-corrected chi connectivity index (χ1v) is 17.7. The highest BCUT2D eigenvalue weighted by atomic mass is 28.4. The van der Waals surface area contributed by atoms with Crippen molar-refractivity contribution < 1.29 is 29.0 Å². The zero-order valence-electron chi connectivity index (χ0n) is 23.9. The fraction of sp³-hybridized carbons (Fsp3) is 0.516. The minimum Gasteiger partial charge on any atom is -0.432 e. The van der Waals surface area contributed by atoms with E-state index in [1.54, 1.807) is 9.80 Å². The Bertz CT molecular complexity index is 1390. The van der Waals surface area contributed by atoms with E-state index in [9.17, 15) is 24.3 Å². The maximum atomic E-state index is 13.9. The monoisotopic (exact) mass is 577 g/mol. The average Bonchev–Trinajstić information content (AvgIpc) is 3.40. The van der Waals surface area contributed by atoms with Gasteiger partial charge in [0.1, 0.15) is 0 Å². The molecule has 4 aliphatic heterocycles. The molecule has 9 nitrogen and oxygen atoms in total. The molecule has 4 aliphatic rings. The van der Waals surface area contributed by atoms with Crippen LogP contribution in [0.15, 0.2) is 42.5 Å². The first-order chi connectivity index (χ1) is 19.5. The van der Waals surface area contributed by atoms with Crippen LogP contribution in [-0.2, 0) is 37.7 Å². The number of ether oxygens (including phenoxy) is 1. The highest BCUT2D eigenvalue weighted by Gasteiger charge is 2.65. The number of piperidine rings is 1. The van der Waals surface area contributed by atoms with E-state index in [2.05, 4.69) is 5.32 Å². The van der Waals surface area contributed by atoms with Crippen LogP contribution in [0.25, 0.3) is 0 Å². The summed E-state index contributed by atoms with van der Waals surface area (Å²) in [6.45, 7) is 6.47. The molecule has 0 unspecified atom stereocenters. The molecule has 4 heterocycles. The smallest absolute Gasteiger partial charge is 0.261 e. The standard InChI is InChI=1S/C31H39N3O6Si/c1-19-29(41(2,3)39)26(16-28(37)34-17-21-9-5-4-8-20(21)14-23(34)18-35)40-31(19)24-15-22(11-12-25(24)32-30(31)38)33-13-7-6-10-27(33)36/h4-5,8-9,11-12,15,19,23,26,29,35,39H,6-7,10,13-14,16-18H2,1-3H3,(H,32,38)/t19-,23+,26+,29-,31+/m1/s1. The van der Waals surface area contributed by atoms with E-state index in [0.717, 1.165) is 29.7 Å². The normalized spacial score (nSPS) is 29.5. The van der Waals surface area contributed by atoms with Crippen molar-refractivity contribution in [2.75, 3.05) is 23.4 Å². The van der Waals surface area contributed by atoms with Crippen LogP contribution in [0.2, 0.25) is 18.6 Å². The Morgan fingerprint density at radius 3 is 2.61 bits per heavy atom. The number of anilines is 2. The Morgan fingerprint density at radius 2 is 1.90 bits per heavy atom. The topological polar surface area (TPSA) is 119 Å². The first kappa shape index (κ1) is 28.1. The maximum absolute atomic E-state index is 13.9. The average molecular weight is 578 g/mol. The minimum absolute atomic E-state index is 0.000666. The molecule has 10 heteroatoms. The van der Waals surface area contributed by atoms with Crippen LogP contribution in [0.3, 0.4) is 0 Å². The number of fused-ring (bicyclic) bond motifs is 3. The number of benzene rings is 2. The molecule has 0 aliphatic carbocycles. The van der Waals surface area contributed by atoms with Gasteiger partial charge < -0.3 is 29.8 Å². The van der Waals surface area contributed by atoms with Crippen LogP contribution >= 0.6 is 0 Å². The third kappa shape index (κ3) is 4.61. The lowest BCUT2D eigenvalue weighted by Crippen LogP contribution is -2.48. The van der Waals surface area contributed by atoms with E-state index in [1.165, 1.54) is 0 Å². The molecule has 1 spiro atoms. The number of hydrogen-bond acceptors (Lipinski definition) is 6. The summed E-state index contributed by atoms with van der Waals surface area (Å²) in [4.78, 5) is 55.3. The molecule has 41 heavy (non-hydrogen) atoms. The number of aliphatic hydroxyl groups excluding tert-OH is 1. The number of carbonyl (C=O) groups is 3. The van der Waals surface area contributed by atoms with Crippen LogP contribution in [0.4, 0.5) is 11.4 Å². The molecule has 0 radical (unpaired) electrons. The maximum Gasteiger partial charge on any atom is 0.261 e. The summed E-state index contributed by atoms with van der Waals surface area (Å²) in [5.74, 6) is -0.811. The van der Waals surface area contributed by atoms with Gasteiger partial charge in [0.15, 0.2) is 13.9 Å². The molecule has 3 amide bonds. The summed E-state index contributed by atoms with van der Waals surface area (Å²) < 4.78 is 6.72. The highest BCUT2D eigenvalue weighted by Crippen LogP contribution is 2.58. The molecule has 2 fully saturated rings. The van der Waals surface area contributed by atoms with Crippen LogP contribution < -0.4 is 10.2 Å². The highest BCUT2D eigenvalue weighted by molar-refractivity contribution is 6.71. The Morgan fingerprint density at radius 1 is 1.15 bits per heavy atom. The van der Waals surface area contributed by atoms with Crippen molar-refractivity contribution in [3.05, 3.63) is 59.2 Å². The predicted molar refractivity (Wildman–Crippen MR) is 157 cm³/mol. The van der Waals surface area contributed by atoms with E-state index in [1.807, 2.05) is 62.5 Å². The van der Waals surface area contributed by atoms with Crippen LogP contribution in [0.5, 0.6) is 0 Å². The Kier molecular flexibility index (Phi) is 7.08. The molecule has 2 saturated heterocycles. The van der Waals surface area contributed by atoms with Crippen molar-refractivity contribution in [2.24, 2.45) is 5.92 Å². The van der Waals surface area contributed by atoms with Gasteiger partial charge in [0.25, 0.3) is 5.91 Å². The SMILES string of the molecule is C[C@@H]1[C@@H]([Si](C)(C)O)[C@H](CC(=O)N2Cc3ccccc3C[C@H]2CO)O[C@@]12C(=O)Nc1ccc(N3CCCCC3=O)cc12. The van der Waals surface area contributed by atoms with Crippen molar-refractivity contribution in [2.45, 2.75) is 82.0 Å². The summed E-state index contributed by atoms with van der Waals surface area (Å²) in [5.41, 5.74) is 2.43. The van der Waals surface area contributed by atoms with Crippen molar-refractivity contribution in [1.82, 2.24) is 4.90 Å². The molecule has 0 aromatic heterocycles. The van der Waals surface area contributed by atoms with E-state index in [-0.39, 0.29) is 36.8 Å². The van der Waals surface area contributed by atoms with Gasteiger partial charge in [-0.05, 0) is 61.7 Å². The molecule has 5 atom stereocenters. The molecule has 0 saturated carbocycles. The third-order valence-corrected chi connectivity index (χ3v) is 12.1. The van der Waals surface area contributed by atoms with Crippen LogP contribution in [-0.4, -0.2) is 66.1 Å². The lowest BCUT2D eigenvalue weighted by atomic mass is 9.82. The Labute approximate surface area is 241 Å². The zero-order chi connectivity index (χ0) is 29.1. The van der Waals surface area contributed by atoms with Gasteiger partial charge in [-0.2, -0.15) is 0 Å². The fourth-order valence-electron chi connectivity index (χ4n) is 7.66. The number of carbonyl (C=O) groups excluding carboxylic acids is 3. The van der Waals surface area contributed by atoms with Gasteiger partial charge in [-0.1, -0.05) is 31.2 Å². The lowest BCUT2D eigenvalue weighted by Gasteiger charge is -2.37.